The molecule has 0 fully saturated rings. The van der Waals surface area contributed by atoms with Crippen molar-refractivity contribution in [1.82, 2.24) is 24.4 Å². The van der Waals surface area contributed by atoms with Crippen LogP contribution in [0.25, 0.3) is 11.2 Å². The molecule has 0 atom stereocenters. The number of rotatable bonds is 8. The van der Waals surface area contributed by atoms with Crippen molar-refractivity contribution < 1.29 is 4.79 Å². The second-order valence-corrected chi connectivity index (χ2v) is 7.29. The molecule has 1 amide bonds. The summed E-state index contributed by atoms with van der Waals surface area (Å²) in [7, 11) is 0. The predicted octanol–water partition coefficient (Wildman–Crippen LogP) is 3.92. The first-order chi connectivity index (χ1) is 13.1. The number of fused-ring (bicyclic) bond motifs is 1. The molecule has 0 saturated heterocycles. The van der Waals surface area contributed by atoms with E-state index in [-0.39, 0.29) is 5.91 Å². The summed E-state index contributed by atoms with van der Waals surface area (Å²) < 4.78 is 2.04. The summed E-state index contributed by atoms with van der Waals surface area (Å²) >= 11 is 0. The van der Waals surface area contributed by atoms with Gasteiger partial charge in [-0.2, -0.15) is 0 Å². The smallest absolute Gasteiger partial charge is 0.255 e. The average molecular weight is 365 g/mol. The summed E-state index contributed by atoms with van der Waals surface area (Å²) in [4.78, 5) is 28.0. The van der Waals surface area contributed by atoms with Crippen molar-refractivity contribution in [1.29, 1.82) is 0 Å². The fourth-order valence-electron chi connectivity index (χ4n) is 3.09. The third-order valence-corrected chi connectivity index (χ3v) is 4.46. The fraction of sp³-hybridized carbons (Fsp3) is 0.429. The van der Waals surface area contributed by atoms with Gasteiger partial charge in [-0.25, -0.2) is 9.97 Å². The van der Waals surface area contributed by atoms with Crippen LogP contribution in [-0.2, 0) is 13.1 Å². The predicted molar refractivity (Wildman–Crippen MR) is 106 cm³/mol. The highest BCUT2D eigenvalue weighted by Crippen LogP contribution is 2.16. The number of imidazole rings is 1. The van der Waals surface area contributed by atoms with Gasteiger partial charge >= 0.3 is 0 Å². The Bertz CT molecular complexity index is 888. The van der Waals surface area contributed by atoms with Crippen LogP contribution in [0.2, 0.25) is 0 Å². The van der Waals surface area contributed by atoms with Gasteiger partial charge in [-0.05, 0) is 36.1 Å². The van der Waals surface area contributed by atoms with E-state index in [0.29, 0.717) is 18.0 Å². The second kappa shape index (κ2) is 8.75. The van der Waals surface area contributed by atoms with Crippen molar-refractivity contribution in [3.63, 3.8) is 0 Å². The minimum Gasteiger partial charge on any atom is -0.334 e. The van der Waals surface area contributed by atoms with Crippen LogP contribution < -0.4 is 0 Å². The molecule has 3 aromatic heterocycles. The molecule has 0 unspecified atom stereocenters. The van der Waals surface area contributed by atoms with E-state index in [9.17, 15) is 4.79 Å². The standard InChI is InChI=1S/C21H27N5O/c1-4-5-10-25(14-17-6-8-22-9-7-17)21(27)18-11-19-20(23-12-18)26(15-24-19)13-16(2)3/h6-9,11-12,15-16H,4-5,10,13-14H2,1-3H3. The Balaban J connectivity index is 1.84. The number of unbranched alkanes of at least 4 members (excludes halogenated alkanes) is 1. The first-order valence-electron chi connectivity index (χ1n) is 9.57. The van der Waals surface area contributed by atoms with Crippen LogP contribution in [0.3, 0.4) is 0 Å². The zero-order chi connectivity index (χ0) is 19.2. The molecule has 0 aliphatic rings. The molecule has 0 aliphatic heterocycles. The molecule has 6 heteroatoms. The van der Waals surface area contributed by atoms with Crippen LogP contribution >= 0.6 is 0 Å². The van der Waals surface area contributed by atoms with Crippen LogP contribution in [0.15, 0.2) is 43.1 Å². The molecular weight excluding hydrogens is 338 g/mol. The second-order valence-electron chi connectivity index (χ2n) is 7.29. The van der Waals surface area contributed by atoms with Gasteiger partial charge in [0, 0.05) is 38.2 Å². The Morgan fingerprint density at radius 2 is 2.00 bits per heavy atom. The number of nitrogens with zero attached hydrogens (tertiary/aromatic N) is 5. The van der Waals surface area contributed by atoms with Gasteiger partial charge in [-0.3, -0.25) is 9.78 Å². The van der Waals surface area contributed by atoms with E-state index in [1.54, 1.807) is 24.9 Å². The molecule has 3 heterocycles. The third-order valence-electron chi connectivity index (χ3n) is 4.46. The van der Waals surface area contributed by atoms with Gasteiger partial charge in [0.25, 0.3) is 5.91 Å². The minimum absolute atomic E-state index is 0.00641. The highest BCUT2D eigenvalue weighted by molar-refractivity contribution is 5.96. The number of pyridine rings is 2. The molecule has 0 N–H and O–H groups in total. The summed E-state index contributed by atoms with van der Waals surface area (Å²) in [5.41, 5.74) is 3.25. The maximum absolute atomic E-state index is 13.1. The van der Waals surface area contributed by atoms with Crippen molar-refractivity contribution in [2.45, 2.75) is 46.7 Å². The highest BCUT2D eigenvalue weighted by atomic mass is 16.2. The summed E-state index contributed by atoms with van der Waals surface area (Å²) in [6.45, 7) is 8.60. The number of carbonyl (C=O) groups is 1. The van der Waals surface area contributed by atoms with E-state index in [0.717, 1.165) is 42.7 Å². The van der Waals surface area contributed by atoms with E-state index >= 15 is 0 Å². The third kappa shape index (κ3) is 4.70. The van der Waals surface area contributed by atoms with Gasteiger partial charge in [0.1, 0.15) is 5.52 Å². The van der Waals surface area contributed by atoms with Gasteiger partial charge in [-0.1, -0.05) is 27.2 Å². The Hall–Kier alpha value is -2.76. The molecule has 0 bridgehead atoms. The van der Waals surface area contributed by atoms with E-state index in [2.05, 4.69) is 35.7 Å². The maximum atomic E-state index is 13.1. The van der Waals surface area contributed by atoms with Gasteiger partial charge < -0.3 is 9.47 Å². The average Bonchev–Trinajstić information content (AvgIpc) is 3.06. The van der Waals surface area contributed by atoms with E-state index in [1.807, 2.05) is 27.7 Å². The largest absolute Gasteiger partial charge is 0.334 e. The lowest BCUT2D eigenvalue weighted by Crippen LogP contribution is -2.31. The number of carbonyl (C=O) groups excluding carboxylic acids is 1. The first-order valence-corrected chi connectivity index (χ1v) is 9.57. The molecular formula is C21H27N5O. The van der Waals surface area contributed by atoms with Crippen LogP contribution in [0.4, 0.5) is 0 Å². The minimum atomic E-state index is -0.00641. The van der Waals surface area contributed by atoms with E-state index < -0.39 is 0 Å². The summed E-state index contributed by atoms with van der Waals surface area (Å²) in [5.74, 6) is 0.503. The van der Waals surface area contributed by atoms with Crippen LogP contribution in [0, 0.1) is 5.92 Å². The molecule has 0 radical (unpaired) electrons. The molecule has 6 nitrogen and oxygen atoms in total. The van der Waals surface area contributed by atoms with Crippen molar-refractivity contribution in [2.24, 2.45) is 5.92 Å². The lowest BCUT2D eigenvalue weighted by atomic mass is 10.2. The van der Waals surface area contributed by atoms with Crippen molar-refractivity contribution in [2.75, 3.05) is 6.54 Å². The number of hydrogen-bond acceptors (Lipinski definition) is 4. The van der Waals surface area contributed by atoms with Gasteiger partial charge in [0.2, 0.25) is 0 Å². The quantitative estimate of drug-likeness (QED) is 0.607. The monoisotopic (exact) mass is 365 g/mol. The molecule has 3 rings (SSSR count). The molecule has 0 aromatic carbocycles. The molecule has 27 heavy (non-hydrogen) atoms. The number of amides is 1. The SMILES string of the molecule is CCCCN(Cc1ccncc1)C(=O)c1cnc2c(c1)ncn2CC(C)C. The van der Waals surface area contributed by atoms with Gasteiger partial charge in [0.15, 0.2) is 5.65 Å². The number of hydrogen-bond donors (Lipinski definition) is 0. The van der Waals surface area contributed by atoms with Crippen molar-refractivity contribution in [3.05, 3.63) is 54.2 Å². The Kier molecular flexibility index (Phi) is 6.16. The lowest BCUT2D eigenvalue weighted by Gasteiger charge is -2.22. The zero-order valence-electron chi connectivity index (χ0n) is 16.3. The van der Waals surface area contributed by atoms with E-state index in [4.69, 9.17) is 0 Å². The highest BCUT2D eigenvalue weighted by Gasteiger charge is 2.18. The zero-order valence-corrected chi connectivity index (χ0v) is 16.3. The molecule has 0 spiro atoms. The maximum Gasteiger partial charge on any atom is 0.255 e. The lowest BCUT2D eigenvalue weighted by molar-refractivity contribution is 0.0740. The topological polar surface area (TPSA) is 63.9 Å². The van der Waals surface area contributed by atoms with Gasteiger partial charge in [0.05, 0.1) is 11.9 Å². The van der Waals surface area contributed by atoms with Gasteiger partial charge in [-0.15, -0.1) is 0 Å². The molecule has 142 valence electrons. The van der Waals surface area contributed by atoms with Crippen molar-refractivity contribution in [3.8, 4) is 0 Å². The van der Waals surface area contributed by atoms with Crippen molar-refractivity contribution >= 4 is 17.1 Å². The summed E-state index contributed by atoms with van der Waals surface area (Å²) in [5, 5.41) is 0. The number of aromatic nitrogens is 4. The molecule has 0 saturated carbocycles. The van der Waals surface area contributed by atoms with E-state index in [1.165, 1.54) is 0 Å². The fourth-order valence-corrected chi connectivity index (χ4v) is 3.09. The molecule has 3 aromatic rings. The van der Waals surface area contributed by atoms with Crippen LogP contribution in [0.5, 0.6) is 0 Å². The Labute approximate surface area is 160 Å². The molecule has 0 aliphatic carbocycles. The van der Waals surface area contributed by atoms with Crippen LogP contribution in [-0.4, -0.2) is 36.9 Å². The Morgan fingerprint density at radius 3 is 2.70 bits per heavy atom. The first kappa shape index (κ1) is 19.0. The van der Waals surface area contributed by atoms with Crippen LogP contribution in [0.1, 0.15) is 49.5 Å². The normalized spacial score (nSPS) is 11.3. The Morgan fingerprint density at radius 1 is 1.22 bits per heavy atom. The summed E-state index contributed by atoms with van der Waals surface area (Å²) in [6, 6.07) is 5.75. The summed E-state index contributed by atoms with van der Waals surface area (Å²) in [6.07, 6.45) is 9.00.